The van der Waals surface area contributed by atoms with E-state index in [4.69, 9.17) is 16.3 Å². The van der Waals surface area contributed by atoms with Crippen LogP contribution >= 0.6 is 11.6 Å². The predicted molar refractivity (Wildman–Crippen MR) is 127 cm³/mol. The number of ketones is 2. The lowest BCUT2D eigenvalue weighted by molar-refractivity contribution is -0.384. The number of hydrogen-bond acceptors (Lipinski definition) is 7. The normalized spacial score (nSPS) is 11.4. The summed E-state index contributed by atoms with van der Waals surface area (Å²) in [4.78, 5) is 48.2. The number of nitro groups is 1. The number of anilines is 1. The number of esters is 1. The summed E-state index contributed by atoms with van der Waals surface area (Å²) in [6.45, 7) is 1.24. The summed E-state index contributed by atoms with van der Waals surface area (Å²) in [6, 6.07) is 17.5. The summed E-state index contributed by atoms with van der Waals surface area (Å²) < 4.78 is 5.21. The molecule has 0 heterocycles. The number of benzene rings is 3. The maximum absolute atomic E-state index is 12.9. The Labute approximate surface area is 200 Å². The number of nitro benzene ring substituents is 1. The van der Waals surface area contributed by atoms with Gasteiger partial charge in [0.2, 0.25) is 0 Å². The van der Waals surface area contributed by atoms with Crippen LogP contribution < -0.4 is 5.32 Å². The van der Waals surface area contributed by atoms with E-state index in [0.29, 0.717) is 16.3 Å². The molecule has 9 heteroatoms. The van der Waals surface area contributed by atoms with Crippen LogP contribution in [0.3, 0.4) is 0 Å². The molecule has 0 fully saturated rings. The average molecular weight is 481 g/mol. The Morgan fingerprint density at radius 3 is 2.26 bits per heavy atom. The average Bonchev–Trinajstić information content (AvgIpc) is 2.84. The molecule has 1 atom stereocenters. The summed E-state index contributed by atoms with van der Waals surface area (Å²) in [5.74, 6) is -1.61. The van der Waals surface area contributed by atoms with Crippen molar-refractivity contribution in [2.24, 2.45) is 0 Å². The first-order valence-electron chi connectivity index (χ1n) is 10.3. The first-order chi connectivity index (χ1) is 16.2. The van der Waals surface area contributed by atoms with Crippen molar-refractivity contribution in [1.29, 1.82) is 0 Å². The highest BCUT2D eigenvalue weighted by Gasteiger charge is 2.26. The zero-order valence-corrected chi connectivity index (χ0v) is 19.0. The van der Waals surface area contributed by atoms with Crippen LogP contribution in [0, 0.1) is 17.0 Å². The summed E-state index contributed by atoms with van der Waals surface area (Å²) in [7, 11) is 0. The Kier molecular flexibility index (Phi) is 8.10. The first-order valence-corrected chi connectivity index (χ1v) is 10.7. The van der Waals surface area contributed by atoms with Crippen molar-refractivity contribution in [2.45, 2.75) is 19.4 Å². The Hall–Kier alpha value is -4.04. The van der Waals surface area contributed by atoms with Gasteiger partial charge >= 0.3 is 5.97 Å². The zero-order valence-electron chi connectivity index (χ0n) is 18.2. The molecule has 0 spiro atoms. The van der Waals surface area contributed by atoms with Crippen molar-refractivity contribution in [1.82, 2.24) is 0 Å². The second kappa shape index (κ2) is 11.2. The van der Waals surface area contributed by atoms with Crippen LogP contribution in [0.15, 0.2) is 72.8 Å². The molecule has 3 aromatic rings. The number of carbonyl (C=O) groups excluding carboxylic acids is 3. The van der Waals surface area contributed by atoms with E-state index in [-0.39, 0.29) is 23.5 Å². The fourth-order valence-electron chi connectivity index (χ4n) is 3.15. The molecule has 0 aromatic heterocycles. The summed E-state index contributed by atoms with van der Waals surface area (Å²) in [5.41, 5.74) is 1.79. The number of ether oxygens (including phenoxy) is 1. The van der Waals surface area contributed by atoms with E-state index >= 15 is 0 Å². The molecular weight excluding hydrogens is 460 g/mol. The van der Waals surface area contributed by atoms with Gasteiger partial charge in [-0.3, -0.25) is 19.7 Å². The third-order valence-electron chi connectivity index (χ3n) is 5.04. The fraction of sp³-hybridized carbons (Fsp3) is 0.160. The molecule has 3 aromatic carbocycles. The van der Waals surface area contributed by atoms with Crippen LogP contribution in [0.5, 0.6) is 0 Å². The van der Waals surface area contributed by atoms with Gasteiger partial charge in [0.15, 0.2) is 18.2 Å². The molecule has 34 heavy (non-hydrogen) atoms. The number of hydrogen-bond donors (Lipinski definition) is 1. The van der Waals surface area contributed by atoms with Gasteiger partial charge in [0.1, 0.15) is 6.04 Å². The van der Waals surface area contributed by atoms with Gasteiger partial charge in [-0.15, -0.1) is 0 Å². The van der Waals surface area contributed by atoms with Crippen LogP contribution in [0.25, 0.3) is 0 Å². The minimum atomic E-state index is -1.07. The number of non-ortho nitro benzene ring substituents is 1. The van der Waals surface area contributed by atoms with Gasteiger partial charge in [-0.25, -0.2) is 4.79 Å². The highest BCUT2D eigenvalue weighted by atomic mass is 35.5. The predicted octanol–water partition coefficient (Wildman–Crippen LogP) is 5.04. The van der Waals surface area contributed by atoms with Crippen molar-refractivity contribution in [3.05, 3.63) is 105 Å². The fourth-order valence-corrected chi connectivity index (χ4v) is 3.32. The topological polar surface area (TPSA) is 116 Å². The Morgan fingerprint density at radius 1 is 0.971 bits per heavy atom. The van der Waals surface area contributed by atoms with Crippen LogP contribution in [0.2, 0.25) is 5.02 Å². The SMILES string of the molecule is Cc1ccc(Cl)cc1N[C@H](CC(=O)c1ccccc1)C(=O)OCC(=O)c1ccc([N+](=O)[O-])cc1. The molecule has 0 saturated carbocycles. The van der Waals surface area contributed by atoms with E-state index in [1.807, 2.05) is 6.92 Å². The van der Waals surface area contributed by atoms with E-state index in [2.05, 4.69) is 5.32 Å². The van der Waals surface area contributed by atoms with Gasteiger partial charge in [-0.1, -0.05) is 48.0 Å². The highest BCUT2D eigenvalue weighted by Crippen LogP contribution is 2.22. The third-order valence-corrected chi connectivity index (χ3v) is 5.28. The molecule has 0 aliphatic carbocycles. The van der Waals surface area contributed by atoms with Crippen LogP contribution in [-0.2, 0) is 9.53 Å². The lowest BCUT2D eigenvalue weighted by atomic mass is 10.0. The first kappa shape index (κ1) is 24.6. The van der Waals surface area contributed by atoms with Crippen LogP contribution in [0.1, 0.15) is 32.7 Å². The van der Waals surface area contributed by atoms with Crippen LogP contribution in [-0.4, -0.2) is 35.1 Å². The molecule has 1 N–H and O–H groups in total. The van der Waals surface area contributed by atoms with Gasteiger partial charge in [-0.2, -0.15) is 0 Å². The van der Waals surface area contributed by atoms with Gasteiger partial charge in [0, 0.05) is 40.4 Å². The Morgan fingerprint density at radius 2 is 1.62 bits per heavy atom. The number of Topliss-reactive ketones (excluding diaryl/α,β-unsaturated/α-hetero) is 2. The number of nitrogens with one attached hydrogen (secondary N) is 1. The largest absolute Gasteiger partial charge is 0.456 e. The van der Waals surface area contributed by atoms with Gasteiger partial charge in [-0.05, 0) is 36.8 Å². The zero-order chi connectivity index (χ0) is 24.7. The minimum absolute atomic E-state index is 0.158. The Bertz CT molecular complexity index is 1210. The Balaban J connectivity index is 1.73. The maximum atomic E-state index is 12.9. The summed E-state index contributed by atoms with van der Waals surface area (Å²) >= 11 is 6.07. The minimum Gasteiger partial charge on any atom is -0.456 e. The van der Waals surface area contributed by atoms with Crippen LogP contribution in [0.4, 0.5) is 11.4 Å². The second-order valence-corrected chi connectivity index (χ2v) is 7.92. The molecule has 0 aliphatic rings. The standard InChI is InChI=1S/C25H21ClN2O6/c1-16-7-10-19(26)13-21(16)27-22(14-23(29)17-5-3-2-4-6-17)25(31)34-15-24(30)18-8-11-20(12-9-18)28(32)33/h2-13,22,27H,14-15H2,1H3/t22-/m1/s1. The van der Waals surface area contributed by atoms with E-state index in [1.165, 1.54) is 24.3 Å². The molecule has 3 rings (SSSR count). The monoisotopic (exact) mass is 480 g/mol. The molecule has 0 radical (unpaired) electrons. The number of aryl methyl sites for hydroxylation is 1. The molecular formula is C25H21ClN2O6. The maximum Gasteiger partial charge on any atom is 0.329 e. The van der Waals surface area contributed by atoms with Crippen molar-refractivity contribution in [2.75, 3.05) is 11.9 Å². The number of halogens is 1. The van der Waals surface area contributed by atoms with Crippen molar-refractivity contribution in [3.8, 4) is 0 Å². The van der Waals surface area contributed by atoms with Crippen molar-refractivity contribution in [3.63, 3.8) is 0 Å². The molecule has 0 bridgehead atoms. The summed E-state index contributed by atoms with van der Waals surface area (Å²) in [5, 5.41) is 14.2. The summed E-state index contributed by atoms with van der Waals surface area (Å²) in [6.07, 6.45) is -0.208. The molecule has 0 saturated heterocycles. The van der Waals surface area contributed by atoms with Gasteiger partial charge < -0.3 is 10.1 Å². The van der Waals surface area contributed by atoms with Crippen molar-refractivity contribution >= 4 is 40.5 Å². The molecule has 0 aliphatic heterocycles. The molecule has 8 nitrogen and oxygen atoms in total. The molecule has 174 valence electrons. The molecule has 0 unspecified atom stereocenters. The third kappa shape index (κ3) is 6.49. The number of rotatable bonds is 10. The lowest BCUT2D eigenvalue weighted by Crippen LogP contribution is -2.35. The lowest BCUT2D eigenvalue weighted by Gasteiger charge is -2.20. The van der Waals surface area contributed by atoms with E-state index < -0.39 is 29.3 Å². The van der Waals surface area contributed by atoms with Gasteiger partial charge in [0.05, 0.1) is 4.92 Å². The highest BCUT2D eigenvalue weighted by molar-refractivity contribution is 6.30. The quantitative estimate of drug-likeness (QED) is 0.187. The van der Waals surface area contributed by atoms with E-state index in [0.717, 1.165) is 5.56 Å². The molecule has 0 amide bonds. The number of nitrogens with zero attached hydrogens (tertiary/aromatic N) is 1. The van der Waals surface area contributed by atoms with E-state index in [1.54, 1.807) is 48.5 Å². The smallest absolute Gasteiger partial charge is 0.329 e. The number of carbonyl (C=O) groups is 3. The second-order valence-electron chi connectivity index (χ2n) is 7.48. The van der Waals surface area contributed by atoms with Crippen molar-refractivity contribution < 1.29 is 24.0 Å². The van der Waals surface area contributed by atoms with E-state index in [9.17, 15) is 24.5 Å². The van der Waals surface area contributed by atoms with Gasteiger partial charge in [0.25, 0.3) is 5.69 Å².